The summed E-state index contributed by atoms with van der Waals surface area (Å²) in [4.78, 5) is 20.9. The maximum absolute atomic E-state index is 10.5. The Hall–Kier alpha value is -0.920. The number of carbonyl (C=O) groups excluding carboxylic acids is 2. The van der Waals surface area contributed by atoms with E-state index in [9.17, 15) is 9.59 Å². The first kappa shape index (κ1) is 9.08. The van der Waals surface area contributed by atoms with Crippen molar-refractivity contribution in [3.63, 3.8) is 0 Å². The third-order valence-electron chi connectivity index (χ3n) is 0.998. The van der Waals surface area contributed by atoms with Crippen LogP contribution in [0.25, 0.3) is 0 Å². The van der Waals surface area contributed by atoms with Gasteiger partial charge < -0.3 is 0 Å². The Labute approximate surface area is 60.9 Å². The van der Waals surface area contributed by atoms with Gasteiger partial charge in [0.25, 0.3) is 0 Å². The van der Waals surface area contributed by atoms with Crippen molar-refractivity contribution >= 4 is 11.6 Å². The molecule has 0 aromatic carbocycles. The number of carbonyl (C=O) groups is 2. The summed E-state index contributed by atoms with van der Waals surface area (Å²) in [6.07, 6.45) is 0.666. The molecule has 0 aliphatic heterocycles. The molecule has 0 fully saturated rings. The largest absolute Gasteiger partial charge is 0.300 e. The SMILES string of the molecule is C=C(CC(C)=O)CC(C)=O. The minimum absolute atomic E-state index is 0.0613. The van der Waals surface area contributed by atoms with Crippen molar-refractivity contribution < 1.29 is 9.59 Å². The van der Waals surface area contributed by atoms with Gasteiger partial charge in [-0.15, -0.1) is 0 Å². The van der Waals surface area contributed by atoms with Gasteiger partial charge in [0.05, 0.1) is 0 Å². The Kier molecular flexibility index (Phi) is 3.62. The van der Waals surface area contributed by atoms with Crippen molar-refractivity contribution in [1.29, 1.82) is 0 Å². The molecular formula is C8H12O2. The Morgan fingerprint density at radius 3 is 1.60 bits per heavy atom. The molecule has 0 heterocycles. The molecule has 10 heavy (non-hydrogen) atoms. The minimum Gasteiger partial charge on any atom is -0.300 e. The number of hydrogen-bond acceptors (Lipinski definition) is 2. The molecule has 2 heteroatoms. The van der Waals surface area contributed by atoms with Crippen LogP contribution in [0.4, 0.5) is 0 Å². The predicted octanol–water partition coefficient (Wildman–Crippen LogP) is 1.50. The summed E-state index contributed by atoms with van der Waals surface area (Å²) < 4.78 is 0. The standard InChI is InChI=1S/C8H12O2/c1-6(4-7(2)9)5-8(3)10/h1,4-5H2,2-3H3. The van der Waals surface area contributed by atoms with Gasteiger partial charge in [-0.3, -0.25) is 9.59 Å². The minimum atomic E-state index is 0.0613. The highest BCUT2D eigenvalue weighted by atomic mass is 16.1. The topological polar surface area (TPSA) is 34.1 Å². The van der Waals surface area contributed by atoms with Crippen molar-refractivity contribution in [2.75, 3.05) is 0 Å². The zero-order chi connectivity index (χ0) is 8.15. The molecule has 0 aromatic heterocycles. The molecule has 0 atom stereocenters. The van der Waals surface area contributed by atoms with Gasteiger partial charge in [0.1, 0.15) is 11.6 Å². The average molecular weight is 140 g/mol. The highest BCUT2D eigenvalue weighted by Crippen LogP contribution is 2.04. The van der Waals surface area contributed by atoms with Crippen molar-refractivity contribution in [3.05, 3.63) is 12.2 Å². The number of hydrogen-bond donors (Lipinski definition) is 0. The molecule has 0 spiro atoms. The van der Waals surface area contributed by atoms with Gasteiger partial charge in [0.15, 0.2) is 0 Å². The molecule has 0 aromatic rings. The van der Waals surface area contributed by atoms with Gasteiger partial charge in [-0.1, -0.05) is 12.2 Å². The van der Waals surface area contributed by atoms with Crippen molar-refractivity contribution in [1.82, 2.24) is 0 Å². The molecule has 0 radical (unpaired) electrons. The maximum atomic E-state index is 10.5. The molecule has 0 aliphatic carbocycles. The van der Waals surface area contributed by atoms with E-state index < -0.39 is 0 Å². The van der Waals surface area contributed by atoms with Crippen LogP contribution < -0.4 is 0 Å². The monoisotopic (exact) mass is 140 g/mol. The normalized spacial score (nSPS) is 9.00. The lowest BCUT2D eigenvalue weighted by molar-refractivity contribution is -0.116. The smallest absolute Gasteiger partial charge is 0.133 e. The van der Waals surface area contributed by atoms with Crippen LogP contribution in [0.5, 0.6) is 0 Å². The van der Waals surface area contributed by atoms with Crippen LogP contribution in [0.1, 0.15) is 26.7 Å². The van der Waals surface area contributed by atoms with Gasteiger partial charge in [-0.25, -0.2) is 0 Å². The number of ketones is 2. The third-order valence-corrected chi connectivity index (χ3v) is 0.998. The van der Waals surface area contributed by atoms with E-state index in [1.165, 1.54) is 13.8 Å². The van der Waals surface area contributed by atoms with E-state index in [0.717, 1.165) is 0 Å². The van der Waals surface area contributed by atoms with E-state index in [2.05, 4.69) is 6.58 Å². The van der Waals surface area contributed by atoms with Crippen molar-refractivity contribution in [2.24, 2.45) is 0 Å². The fourth-order valence-corrected chi connectivity index (χ4v) is 0.767. The molecule has 0 bridgehead atoms. The Bertz CT molecular complexity index is 150. The quantitative estimate of drug-likeness (QED) is 0.554. The Morgan fingerprint density at radius 1 is 1.10 bits per heavy atom. The first-order valence-corrected chi connectivity index (χ1v) is 3.18. The van der Waals surface area contributed by atoms with Crippen LogP contribution in [0.3, 0.4) is 0 Å². The van der Waals surface area contributed by atoms with Gasteiger partial charge in [0.2, 0.25) is 0 Å². The summed E-state index contributed by atoms with van der Waals surface area (Å²) in [5, 5.41) is 0. The molecule has 56 valence electrons. The lowest BCUT2D eigenvalue weighted by Gasteiger charge is -1.97. The number of allylic oxidation sites excluding steroid dienone is 1. The van der Waals surface area contributed by atoms with Crippen LogP contribution in [0.2, 0.25) is 0 Å². The second-order valence-corrected chi connectivity index (χ2v) is 2.51. The maximum Gasteiger partial charge on any atom is 0.133 e. The predicted molar refractivity (Wildman–Crippen MR) is 39.7 cm³/mol. The molecule has 0 saturated heterocycles. The van der Waals surface area contributed by atoms with E-state index in [-0.39, 0.29) is 11.6 Å². The van der Waals surface area contributed by atoms with Gasteiger partial charge in [-0.2, -0.15) is 0 Å². The summed E-state index contributed by atoms with van der Waals surface area (Å²) in [7, 11) is 0. The van der Waals surface area contributed by atoms with E-state index in [4.69, 9.17) is 0 Å². The van der Waals surface area contributed by atoms with E-state index in [1.54, 1.807) is 0 Å². The molecule has 0 N–H and O–H groups in total. The first-order chi connectivity index (χ1) is 4.52. The van der Waals surface area contributed by atoms with Crippen LogP contribution in [-0.4, -0.2) is 11.6 Å². The van der Waals surface area contributed by atoms with Crippen molar-refractivity contribution in [2.45, 2.75) is 26.7 Å². The average Bonchev–Trinajstić information content (AvgIpc) is 1.58. The van der Waals surface area contributed by atoms with E-state index >= 15 is 0 Å². The van der Waals surface area contributed by atoms with Crippen LogP contribution in [0, 0.1) is 0 Å². The fraction of sp³-hybridized carbons (Fsp3) is 0.500. The number of Topliss-reactive ketones (excluding diaryl/α,β-unsaturated/α-hetero) is 2. The van der Waals surface area contributed by atoms with Crippen LogP contribution in [-0.2, 0) is 9.59 Å². The summed E-state index contributed by atoms with van der Waals surface area (Å²) >= 11 is 0. The van der Waals surface area contributed by atoms with Crippen LogP contribution in [0.15, 0.2) is 12.2 Å². The summed E-state index contributed by atoms with van der Waals surface area (Å²) in [6.45, 7) is 6.58. The molecule has 0 amide bonds. The summed E-state index contributed by atoms with van der Waals surface area (Å²) in [5.41, 5.74) is 0.708. The lowest BCUT2D eigenvalue weighted by Crippen LogP contribution is -1.97. The van der Waals surface area contributed by atoms with Gasteiger partial charge in [0, 0.05) is 12.8 Å². The lowest BCUT2D eigenvalue weighted by atomic mass is 10.1. The fourth-order valence-electron chi connectivity index (χ4n) is 0.767. The second kappa shape index (κ2) is 3.99. The first-order valence-electron chi connectivity index (χ1n) is 3.18. The summed E-state index contributed by atoms with van der Waals surface area (Å²) in [6, 6.07) is 0. The van der Waals surface area contributed by atoms with E-state index in [1.807, 2.05) is 0 Å². The molecule has 0 aliphatic rings. The Morgan fingerprint density at radius 2 is 1.40 bits per heavy atom. The van der Waals surface area contributed by atoms with E-state index in [0.29, 0.717) is 18.4 Å². The second-order valence-electron chi connectivity index (χ2n) is 2.51. The number of rotatable bonds is 4. The highest BCUT2D eigenvalue weighted by Gasteiger charge is 2.00. The zero-order valence-electron chi connectivity index (χ0n) is 6.44. The molecular weight excluding hydrogens is 128 g/mol. The molecule has 0 unspecified atom stereocenters. The van der Waals surface area contributed by atoms with Gasteiger partial charge >= 0.3 is 0 Å². The summed E-state index contributed by atoms with van der Waals surface area (Å²) in [5.74, 6) is 0.123. The Balaban J connectivity index is 3.65. The molecule has 2 nitrogen and oxygen atoms in total. The van der Waals surface area contributed by atoms with Crippen molar-refractivity contribution in [3.8, 4) is 0 Å². The van der Waals surface area contributed by atoms with Gasteiger partial charge in [-0.05, 0) is 13.8 Å². The van der Waals surface area contributed by atoms with Crippen LogP contribution >= 0.6 is 0 Å². The molecule has 0 saturated carbocycles. The highest BCUT2D eigenvalue weighted by molar-refractivity contribution is 5.82. The zero-order valence-corrected chi connectivity index (χ0v) is 6.44. The molecule has 0 rings (SSSR count). The third kappa shape index (κ3) is 5.22.